The van der Waals surface area contributed by atoms with Crippen LogP contribution in [-0.4, -0.2) is 64.8 Å². The maximum Gasteiger partial charge on any atom is 0.316 e. The number of aromatic hydroxyl groups is 1. The second-order valence-electron chi connectivity index (χ2n) is 11.6. The molecule has 4 aliphatic heterocycles. The van der Waals surface area contributed by atoms with Gasteiger partial charge in [-0.2, -0.15) is 9.97 Å². The monoisotopic (exact) mass is 499 g/mol. The molecular weight excluding hydrogens is 462 g/mol. The summed E-state index contributed by atoms with van der Waals surface area (Å²) in [4.78, 5) is 14.9. The first-order valence-corrected chi connectivity index (χ1v) is 14.1. The molecule has 3 saturated heterocycles. The van der Waals surface area contributed by atoms with Crippen LogP contribution in [0.4, 0.5) is 5.69 Å². The van der Waals surface area contributed by atoms with E-state index in [1.54, 1.807) is 0 Å². The van der Waals surface area contributed by atoms with Gasteiger partial charge in [0.15, 0.2) is 0 Å². The highest BCUT2D eigenvalue weighted by Crippen LogP contribution is 2.41. The largest absolute Gasteiger partial charge is 0.508 e. The van der Waals surface area contributed by atoms with Crippen LogP contribution in [0.1, 0.15) is 61.4 Å². The summed E-state index contributed by atoms with van der Waals surface area (Å²) < 4.78 is 6.32. The topological polar surface area (TPSA) is 73.8 Å². The molecule has 7 rings (SSSR count). The zero-order valence-electron chi connectivity index (χ0n) is 21.7. The van der Waals surface area contributed by atoms with Crippen molar-refractivity contribution < 1.29 is 9.84 Å². The molecule has 37 heavy (non-hydrogen) atoms. The number of nitrogens with zero attached hydrogens (tertiary/aromatic N) is 4. The number of rotatable bonds is 5. The van der Waals surface area contributed by atoms with Crippen molar-refractivity contribution in [1.29, 1.82) is 0 Å². The number of nitrogens with one attached hydrogen (secondary N) is 1. The van der Waals surface area contributed by atoms with Crippen molar-refractivity contribution in [3.05, 3.63) is 53.3 Å². The van der Waals surface area contributed by atoms with Gasteiger partial charge in [0.25, 0.3) is 0 Å². The number of likely N-dealkylation sites (N-methyl/N-ethyl adjacent to an activating group) is 1. The molecule has 4 aliphatic rings. The maximum atomic E-state index is 10.5. The van der Waals surface area contributed by atoms with Gasteiger partial charge in [0, 0.05) is 47.7 Å². The van der Waals surface area contributed by atoms with E-state index in [0.29, 0.717) is 49.0 Å². The van der Waals surface area contributed by atoms with Crippen molar-refractivity contribution in [2.75, 3.05) is 31.6 Å². The van der Waals surface area contributed by atoms with E-state index >= 15 is 0 Å². The number of hydrogen-bond donors (Lipinski definition) is 2. The number of benzene rings is 2. The summed E-state index contributed by atoms with van der Waals surface area (Å²) >= 11 is 0. The average molecular weight is 500 g/mol. The minimum absolute atomic E-state index is 0.303. The Kier molecular flexibility index (Phi) is 5.93. The van der Waals surface area contributed by atoms with Gasteiger partial charge in [-0.25, -0.2) is 0 Å². The molecule has 0 radical (unpaired) electrons. The molecule has 4 atom stereocenters. The number of phenolic OH excluding ortho intramolecular Hbond substituents is 1. The third-order valence-corrected chi connectivity index (χ3v) is 9.18. The van der Waals surface area contributed by atoms with E-state index in [0.717, 1.165) is 54.5 Å². The molecule has 1 aromatic heterocycles. The summed E-state index contributed by atoms with van der Waals surface area (Å²) in [6.07, 6.45) is 8.20. The summed E-state index contributed by atoms with van der Waals surface area (Å²) in [7, 11) is 2.18. The molecule has 194 valence electrons. The molecule has 0 saturated carbocycles. The van der Waals surface area contributed by atoms with Crippen LogP contribution in [0, 0.1) is 0 Å². The minimum Gasteiger partial charge on any atom is -0.508 e. The number of piperidine rings is 1. The number of aromatic nitrogens is 2. The number of phenols is 1. The van der Waals surface area contributed by atoms with Gasteiger partial charge in [0.1, 0.15) is 12.4 Å². The van der Waals surface area contributed by atoms with Crippen molar-refractivity contribution in [3.63, 3.8) is 0 Å². The van der Waals surface area contributed by atoms with Crippen LogP contribution in [0.5, 0.6) is 11.8 Å². The summed E-state index contributed by atoms with van der Waals surface area (Å²) in [6, 6.07) is 14.2. The zero-order valence-corrected chi connectivity index (χ0v) is 21.7. The first-order valence-electron chi connectivity index (χ1n) is 14.1. The van der Waals surface area contributed by atoms with Crippen LogP contribution in [0.25, 0.3) is 10.8 Å². The Bertz CT molecular complexity index is 1300. The Hall–Kier alpha value is -2.90. The van der Waals surface area contributed by atoms with Crippen molar-refractivity contribution in [1.82, 2.24) is 20.2 Å². The highest BCUT2D eigenvalue weighted by molar-refractivity contribution is 5.95. The second kappa shape index (κ2) is 9.44. The fraction of sp³-hybridized carbons (Fsp3) is 0.533. The van der Waals surface area contributed by atoms with E-state index in [9.17, 15) is 5.11 Å². The Morgan fingerprint density at radius 1 is 1.05 bits per heavy atom. The molecule has 0 aliphatic carbocycles. The first kappa shape index (κ1) is 23.2. The molecule has 2 N–H and O–H groups in total. The normalized spacial score (nSPS) is 27.5. The van der Waals surface area contributed by atoms with Gasteiger partial charge in [-0.05, 0) is 75.6 Å². The number of ether oxygens (including phenoxy) is 1. The van der Waals surface area contributed by atoms with Gasteiger partial charge in [0.2, 0.25) is 0 Å². The molecule has 2 bridgehead atoms. The third kappa shape index (κ3) is 4.42. The fourth-order valence-corrected chi connectivity index (χ4v) is 7.22. The van der Waals surface area contributed by atoms with Crippen LogP contribution >= 0.6 is 0 Å². The molecule has 0 unspecified atom stereocenters. The molecule has 7 heteroatoms. The summed E-state index contributed by atoms with van der Waals surface area (Å²) in [5.41, 5.74) is 4.72. The van der Waals surface area contributed by atoms with E-state index < -0.39 is 0 Å². The zero-order chi connectivity index (χ0) is 24.9. The summed E-state index contributed by atoms with van der Waals surface area (Å²) in [6.45, 7) is 3.37. The molecule has 2 aromatic carbocycles. The fourth-order valence-electron chi connectivity index (χ4n) is 7.22. The lowest BCUT2D eigenvalue weighted by Gasteiger charge is -2.35. The van der Waals surface area contributed by atoms with Crippen LogP contribution in [0.15, 0.2) is 36.4 Å². The predicted octanol–water partition coefficient (Wildman–Crippen LogP) is 4.37. The Morgan fingerprint density at radius 3 is 2.70 bits per heavy atom. The lowest BCUT2D eigenvalue weighted by Crippen LogP contribution is -2.39. The molecule has 3 aromatic rings. The number of hydrogen-bond acceptors (Lipinski definition) is 7. The van der Waals surface area contributed by atoms with E-state index in [1.165, 1.54) is 36.9 Å². The molecule has 0 spiro atoms. The van der Waals surface area contributed by atoms with Crippen molar-refractivity contribution in [3.8, 4) is 11.8 Å². The lowest BCUT2D eigenvalue weighted by atomic mass is 9.85. The van der Waals surface area contributed by atoms with Crippen molar-refractivity contribution >= 4 is 16.5 Å². The van der Waals surface area contributed by atoms with Gasteiger partial charge < -0.3 is 25.0 Å². The Labute approximate surface area is 218 Å². The highest BCUT2D eigenvalue weighted by Gasteiger charge is 2.37. The lowest BCUT2D eigenvalue weighted by molar-refractivity contribution is 0.186. The van der Waals surface area contributed by atoms with Gasteiger partial charge in [-0.15, -0.1) is 0 Å². The van der Waals surface area contributed by atoms with E-state index in [-0.39, 0.29) is 0 Å². The van der Waals surface area contributed by atoms with E-state index in [4.69, 9.17) is 14.7 Å². The Morgan fingerprint density at radius 2 is 1.89 bits per heavy atom. The maximum absolute atomic E-state index is 10.5. The smallest absolute Gasteiger partial charge is 0.316 e. The number of anilines is 1. The number of likely N-dealkylation sites (tertiary alicyclic amines) is 1. The van der Waals surface area contributed by atoms with Crippen LogP contribution in [0.3, 0.4) is 0 Å². The molecule has 7 nitrogen and oxygen atoms in total. The van der Waals surface area contributed by atoms with Crippen LogP contribution in [0.2, 0.25) is 0 Å². The standard InChI is InChI=1S/C30H37N5O2/c1-34-11-4-6-23(34)18-37-30-32-27-17-35(28-16-24(36)15-19-5-2-3-7-25(19)28)12-10-26(27)29(33-30)20-13-21-8-9-22(14-20)31-21/h2-3,5,7,15-16,20-23,31,36H,4,6,8-14,17-18H2,1H3/t20-,21+,22-,23-/m0/s1. The van der Waals surface area contributed by atoms with Gasteiger partial charge in [-0.1, -0.05) is 24.3 Å². The Balaban J connectivity index is 1.23. The van der Waals surface area contributed by atoms with Crippen molar-refractivity contribution in [2.24, 2.45) is 0 Å². The molecule has 0 amide bonds. The third-order valence-electron chi connectivity index (χ3n) is 9.18. The molecule has 3 fully saturated rings. The second-order valence-corrected chi connectivity index (χ2v) is 11.6. The van der Waals surface area contributed by atoms with Crippen molar-refractivity contribution in [2.45, 2.75) is 75.5 Å². The van der Waals surface area contributed by atoms with Gasteiger partial charge in [0.05, 0.1) is 17.9 Å². The summed E-state index contributed by atoms with van der Waals surface area (Å²) in [5.74, 6) is 0.776. The van der Waals surface area contributed by atoms with Crippen LogP contribution in [-0.2, 0) is 13.0 Å². The molecule has 5 heterocycles. The van der Waals surface area contributed by atoms with E-state index in [1.807, 2.05) is 18.2 Å². The average Bonchev–Trinajstić information content (AvgIpc) is 3.49. The quantitative estimate of drug-likeness (QED) is 0.540. The van der Waals surface area contributed by atoms with Gasteiger partial charge in [-0.3, -0.25) is 0 Å². The SMILES string of the molecule is CN1CCC[C@H]1COc1nc2c(c([C@H]3C[C@H]4CC[C@@H](C3)N4)n1)CCN(c1cc(O)cc3ccccc13)C2. The highest BCUT2D eigenvalue weighted by atomic mass is 16.5. The predicted molar refractivity (Wildman–Crippen MR) is 145 cm³/mol. The summed E-state index contributed by atoms with van der Waals surface area (Å²) in [5, 5.41) is 16.5. The van der Waals surface area contributed by atoms with Crippen LogP contribution < -0.4 is 15.0 Å². The van der Waals surface area contributed by atoms with Gasteiger partial charge >= 0.3 is 6.01 Å². The molecular formula is C30H37N5O2. The number of fused-ring (bicyclic) bond motifs is 4. The minimum atomic E-state index is 0.303. The first-order chi connectivity index (χ1) is 18.1. The van der Waals surface area contributed by atoms with E-state index in [2.05, 4.69) is 40.4 Å².